The Bertz CT molecular complexity index is 1010. The fraction of sp³-hybridized carbons (Fsp3) is 0.375. The van der Waals surface area contributed by atoms with Crippen LogP contribution < -0.4 is 9.47 Å². The van der Waals surface area contributed by atoms with Crippen LogP contribution in [0.3, 0.4) is 0 Å². The van der Waals surface area contributed by atoms with Crippen molar-refractivity contribution in [2.75, 3.05) is 27.3 Å². The van der Waals surface area contributed by atoms with E-state index in [9.17, 15) is 5.11 Å². The molecule has 1 N–H and O–H groups in total. The number of hydrogen-bond donors (Lipinski definition) is 1. The van der Waals surface area contributed by atoms with Gasteiger partial charge in [0.1, 0.15) is 11.5 Å². The van der Waals surface area contributed by atoms with E-state index in [1.165, 1.54) is 0 Å². The van der Waals surface area contributed by atoms with E-state index in [0.717, 1.165) is 58.9 Å². The Morgan fingerprint density at radius 1 is 1.00 bits per heavy atom. The Hall–Kier alpha value is -2.63. The van der Waals surface area contributed by atoms with Crippen LogP contribution in [0.25, 0.3) is 10.9 Å². The number of ether oxygens (including phenoxy) is 2. The van der Waals surface area contributed by atoms with Gasteiger partial charge < -0.3 is 14.6 Å². The number of likely N-dealkylation sites (tertiary alicyclic amines) is 1. The zero-order valence-electron chi connectivity index (χ0n) is 17.3. The second-order valence-corrected chi connectivity index (χ2v) is 7.85. The Labute approximate surface area is 171 Å². The third-order valence-electron chi connectivity index (χ3n) is 5.94. The van der Waals surface area contributed by atoms with Gasteiger partial charge in [-0.1, -0.05) is 18.2 Å². The highest BCUT2D eigenvalue weighted by molar-refractivity contribution is 5.79. The monoisotopic (exact) mass is 392 g/mol. The number of aryl methyl sites for hydroxylation is 1. The first-order valence-electron chi connectivity index (χ1n) is 10.0. The maximum Gasteiger partial charge on any atom is 0.127 e. The number of aliphatic hydroxyl groups is 1. The van der Waals surface area contributed by atoms with Gasteiger partial charge in [-0.05, 0) is 49.6 Å². The first-order chi connectivity index (χ1) is 14.0. The minimum atomic E-state index is -0.792. The van der Waals surface area contributed by atoms with Gasteiger partial charge in [-0.15, -0.1) is 0 Å². The summed E-state index contributed by atoms with van der Waals surface area (Å²) in [6, 6.07) is 16.2. The van der Waals surface area contributed by atoms with Gasteiger partial charge >= 0.3 is 0 Å². The number of aromatic nitrogens is 1. The number of fused-ring (bicyclic) bond motifs is 1. The van der Waals surface area contributed by atoms with E-state index < -0.39 is 5.60 Å². The number of nitrogens with zero attached hydrogens (tertiary/aromatic N) is 2. The van der Waals surface area contributed by atoms with Gasteiger partial charge in [0.2, 0.25) is 0 Å². The highest BCUT2D eigenvalue weighted by Crippen LogP contribution is 2.35. The molecule has 3 aromatic rings. The molecule has 0 unspecified atom stereocenters. The number of pyridine rings is 1. The summed E-state index contributed by atoms with van der Waals surface area (Å²) >= 11 is 0. The Kier molecular flexibility index (Phi) is 5.43. The molecule has 4 rings (SSSR count). The van der Waals surface area contributed by atoms with Crippen LogP contribution in [0.5, 0.6) is 11.5 Å². The summed E-state index contributed by atoms with van der Waals surface area (Å²) < 4.78 is 10.8. The van der Waals surface area contributed by atoms with Gasteiger partial charge in [0, 0.05) is 42.3 Å². The van der Waals surface area contributed by atoms with Crippen molar-refractivity contribution in [2.24, 2.45) is 0 Å². The van der Waals surface area contributed by atoms with Gasteiger partial charge in [0.25, 0.3) is 0 Å². The second kappa shape index (κ2) is 8.01. The van der Waals surface area contributed by atoms with Gasteiger partial charge in [-0.2, -0.15) is 0 Å². The van der Waals surface area contributed by atoms with E-state index in [-0.39, 0.29) is 0 Å². The predicted octanol–water partition coefficient (Wildman–Crippen LogP) is 4.04. The van der Waals surface area contributed by atoms with Crippen LogP contribution in [0.2, 0.25) is 0 Å². The predicted molar refractivity (Wildman–Crippen MR) is 114 cm³/mol. The molecule has 0 atom stereocenters. The molecule has 0 bridgehead atoms. The van der Waals surface area contributed by atoms with Crippen molar-refractivity contribution in [3.05, 3.63) is 65.4 Å². The van der Waals surface area contributed by atoms with E-state index in [1.54, 1.807) is 14.2 Å². The summed E-state index contributed by atoms with van der Waals surface area (Å²) in [5.74, 6) is 1.63. The molecule has 1 aliphatic heterocycles. The molecule has 1 saturated heterocycles. The molecular weight excluding hydrogens is 364 g/mol. The average Bonchev–Trinajstić information content (AvgIpc) is 2.75. The summed E-state index contributed by atoms with van der Waals surface area (Å²) in [5, 5.41) is 12.4. The van der Waals surface area contributed by atoms with Gasteiger partial charge in [0.15, 0.2) is 0 Å². The van der Waals surface area contributed by atoms with Crippen molar-refractivity contribution in [3.8, 4) is 11.5 Å². The van der Waals surface area contributed by atoms with Gasteiger partial charge in [-0.3, -0.25) is 9.88 Å². The topological polar surface area (TPSA) is 54.8 Å². The smallest absolute Gasteiger partial charge is 0.127 e. The summed E-state index contributed by atoms with van der Waals surface area (Å²) in [4.78, 5) is 6.93. The fourth-order valence-electron chi connectivity index (χ4n) is 4.11. The molecule has 152 valence electrons. The second-order valence-electron chi connectivity index (χ2n) is 7.85. The first-order valence-corrected chi connectivity index (χ1v) is 10.0. The maximum atomic E-state index is 11.3. The van der Waals surface area contributed by atoms with Crippen LogP contribution in [-0.2, 0) is 12.1 Å². The van der Waals surface area contributed by atoms with E-state index in [2.05, 4.69) is 28.1 Å². The van der Waals surface area contributed by atoms with Gasteiger partial charge in [0.05, 0.1) is 25.3 Å². The van der Waals surface area contributed by atoms with Crippen molar-refractivity contribution in [2.45, 2.75) is 31.9 Å². The SMILES string of the molecule is COc1ccc(CN2CCC(O)(c3ccc4nc(C)ccc4c3)CC2)c(OC)c1. The van der Waals surface area contributed by atoms with Crippen molar-refractivity contribution in [1.29, 1.82) is 0 Å². The molecule has 0 spiro atoms. The summed E-state index contributed by atoms with van der Waals surface area (Å²) in [6.07, 6.45) is 1.41. The van der Waals surface area contributed by atoms with Crippen molar-refractivity contribution < 1.29 is 14.6 Å². The van der Waals surface area contributed by atoms with Crippen LogP contribution in [0.1, 0.15) is 29.7 Å². The molecule has 2 aromatic carbocycles. The van der Waals surface area contributed by atoms with Crippen LogP contribution in [0, 0.1) is 6.92 Å². The Morgan fingerprint density at radius 2 is 1.79 bits per heavy atom. The highest BCUT2D eigenvalue weighted by atomic mass is 16.5. The van der Waals surface area contributed by atoms with Crippen LogP contribution >= 0.6 is 0 Å². The van der Waals surface area contributed by atoms with Crippen molar-refractivity contribution >= 4 is 10.9 Å². The molecule has 1 fully saturated rings. The number of methoxy groups -OCH3 is 2. The molecule has 0 radical (unpaired) electrons. The molecule has 2 heterocycles. The largest absolute Gasteiger partial charge is 0.497 e. The molecule has 5 nitrogen and oxygen atoms in total. The summed E-state index contributed by atoms with van der Waals surface area (Å²) in [7, 11) is 3.34. The van der Waals surface area contributed by atoms with Gasteiger partial charge in [-0.25, -0.2) is 0 Å². The highest BCUT2D eigenvalue weighted by Gasteiger charge is 2.34. The Balaban J connectivity index is 1.47. The number of piperidine rings is 1. The normalized spacial score (nSPS) is 16.7. The zero-order valence-corrected chi connectivity index (χ0v) is 17.3. The minimum absolute atomic E-state index is 0.705. The zero-order chi connectivity index (χ0) is 20.4. The molecule has 0 aliphatic carbocycles. The molecule has 29 heavy (non-hydrogen) atoms. The maximum absolute atomic E-state index is 11.3. The standard InChI is InChI=1S/C24H28N2O3/c1-17-4-5-18-14-20(7-9-22(18)25-17)24(27)10-12-26(13-11-24)16-19-6-8-21(28-2)15-23(19)29-3/h4-9,14-15,27H,10-13,16H2,1-3H3. The third-order valence-corrected chi connectivity index (χ3v) is 5.94. The lowest BCUT2D eigenvalue weighted by molar-refractivity contribution is -0.0277. The molecule has 0 saturated carbocycles. The average molecular weight is 392 g/mol. The van der Waals surface area contributed by atoms with Crippen LogP contribution in [0.4, 0.5) is 0 Å². The van der Waals surface area contributed by atoms with E-state index in [0.29, 0.717) is 12.8 Å². The fourth-order valence-corrected chi connectivity index (χ4v) is 4.11. The number of rotatable bonds is 5. The van der Waals surface area contributed by atoms with Crippen molar-refractivity contribution in [1.82, 2.24) is 9.88 Å². The Morgan fingerprint density at radius 3 is 2.52 bits per heavy atom. The summed E-state index contributed by atoms with van der Waals surface area (Å²) in [6.45, 7) is 4.45. The number of benzene rings is 2. The number of hydrogen-bond acceptors (Lipinski definition) is 5. The minimum Gasteiger partial charge on any atom is -0.497 e. The molecule has 0 amide bonds. The lowest BCUT2D eigenvalue weighted by Gasteiger charge is -2.38. The van der Waals surface area contributed by atoms with Crippen LogP contribution in [0.15, 0.2) is 48.5 Å². The lowest BCUT2D eigenvalue weighted by atomic mass is 9.83. The van der Waals surface area contributed by atoms with E-state index in [1.807, 2.05) is 37.3 Å². The molecule has 1 aromatic heterocycles. The van der Waals surface area contributed by atoms with E-state index >= 15 is 0 Å². The van der Waals surface area contributed by atoms with E-state index in [4.69, 9.17) is 9.47 Å². The van der Waals surface area contributed by atoms with Crippen molar-refractivity contribution in [3.63, 3.8) is 0 Å². The van der Waals surface area contributed by atoms with Crippen LogP contribution in [-0.4, -0.2) is 42.3 Å². The lowest BCUT2D eigenvalue weighted by Crippen LogP contribution is -2.42. The quantitative estimate of drug-likeness (QED) is 0.710. The third kappa shape index (κ3) is 4.07. The molecular formula is C24H28N2O3. The molecule has 1 aliphatic rings. The molecule has 5 heteroatoms. The summed E-state index contributed by atoms with van der Waals surface area (Å²) in [5.41, 5.74) is 3.30. The first kappa shape index (κ1) is 19.7.